The van der Waals surface area contributed by atoms with E-state index in [0.29, 0.717) is 10.9 Å². The van der Waals surface area contributed by atoms with Crippen LogP contribution in [0.1, 0.15) is 27.0 Å². The van der Waals surface area contributed by atoms with Crippen LogP contribution < -0.4 is 5.30 Å². The van der Waals surface area contributed by atoms with Crippen LogP contribution in [0.15, 0.2) is 42.5 Å². The van der Waals surface area contributed by atoms with E-state index < -0.39 is 8.03 Å². The van der Waals surface area contributed by atoms with Gasteiger partial charge in [-0.1, -0.05) is 48.0 Å². The van der Waals surface area contributed by atoms with Crippen molar-refractivity contribution in [1.29, 1.82) is 0 Å². The number of Topliss-reactive ketones (excluding diaryl/α,β-unsaturated/α-hetero) is 1. The second-order valence-corrected chi connectivity index (χ2v) is 6.29. The molecule has 0 N–H and O–H groups in total. The Balaban J connectivity index is 2.08. The lowest BCUT2D eigenvalue weighted by atomic mass is 10.1. The maximum atomic E-state index is 12.3. The van der Waals surface area contributed by atoms with Gasteiger partial charge in [0, 0.05) is 16.7 Å². The summed E-state index contributed by atoms with van der Waals surface area (Å²) in [7, 11) is -2.02. The average Bonchev–Trinajstić information content (AvgIpc) is 2.44. The van der Waals surface area contributed by atoms with E-state index >= 15 is 0 Å². The van der Waals surface area contributed by atoms with Gasteiger partial charge in [0.15, 0.2) is 12.4 Å². The smallest absolute Gasteiger partial charge is 0.291 e. The molecule has 0 fully saturated rings. The topological polar surface area (TPSA) is 43.4 Å². The Morgan fingerprint density at radius 2 is 1.62 bits per heavy atom. The van der Waals surface area contributed by atoms with Gasteiger partial charge < -0.3 is 0 Å². The largest absolute Gasteiger partial charge is 0.549 e. The van der Waals surface area contributed by atoms with Gasteiger partial charge >= 0.3 is 8.03 Å². The van der Waals surface area contributed by atoms with Crippen LogP contribution in [-0.2, 0) is 9.09 Å². The van der Waals surface area contributed by atoms with E-state index in [4.69, 9.17) is 4.52 Å². The average molecular weight is 301 g/mol. The molecular weight excluding hydrogens is 283 g/mol. The van der Waals surface area contributed by atoms with E-state index in [1.54, 1.807) is 24.3 Å². The predicted octanol–water partition coefficient (Wildman–Crippen LogP) is 3.88. The number of carbonyl (C=O) groups excluding carboxylic acids is 1. The molecule has 0 heterocycles. The maximum absolute atomic E-state index is 12.3. The minimum Gasteiger partial charge on any atom is -0.291 e. The van der Waals surface area contributed by atoms with E-state index in [2.05, 4.69) is 0 Å². The molecule has 21 heavy (non-hydrogen) atoms. The number of carbonyl (C=O) groups is 1. The van der Waals surface area contributed by atoms with E-state index in [0.717, 1.165) is 16.7 Å². The molecule has 0 aliphatic rings. The molecule has 0 aliphatic carbocycles. The van der Waals surface area contributed by atoms with Gasteiger partial charge in [-0.05, 0) is 25.3 Å². The second-order valence-electron chi connectivity index (χ2n) is 5.07. The summed E-state index contributed by atoms with van der Waals surface area (Å²) in [6.45, 7) is 5.64. The number of benzene rings is 2. The lowest BCUT2D eigenvalue weighted by Gasteiger charge is -2.01. The van der Waals surface area contributed by atoms with E-state index in [9.17, 15) is 9.36 Å². The van der Waals surface area contributed by atoms with Crippen molar-refractivity contribution in [3.05, 3.63) is 64.7 Å². The molecule has 1 atom stereocenters. The van der Waals surface area contributed by atoms with Crippen molar-refractivity contribution < 1.29 is 13.9 Å². The standard InChI is InChI=1S/C17H18O3P/c1-12-9-13(2)17(14(3)10-12)21(19)20-11-16(18)15-7-5-4-6-8-15/h4-10H,11H2,1-3H3/q+1. The van der Waals surface area contributed by atoms with Gasteiger partial charge in [-0.2, -0.15) is 0 Å². The predicted molar refractivity (Wildman–Crippen MR) is 84.6 cm³/mol. The summed E-state index contributed by atoms with van der Waals surface area (Å²) in [6, 6.07) is 12.8. The molecule has 0 bridgehead atoms. The van der Waals surface area contributed by atoms with Gasteiger partial charge in [-0.15, -0.1) is 4.52 Å². The van der Waals surface area contributed by atoms with Crippen LogP contribution in [0, 0.1) is 20.8 Å². The summed E-state index contributed by atoms with van der Waals surface area (Å²) in [4.78, 5) is 12.0. The summed E-state index contributed by atoms with van der Waals surface area (Å²) in [5, 5.41) is 0.691. The number of hydrogen-bond acceptors (Lipinski definition) is 3. The van der Waals surface area contributed by atoms with Gasteiger partial charge in [0.25, 0.3) is 0 Å². The summed E-state index contributed by atoms with van der Waals surface area (Å²) in [6.07, 6.45) is 0. The summed E-state index contributed by atoms with van der Waals surface area (Å²) in [5.74, 6) is -0.165. The van der Waals surface area contributed by atoms with Crippen molar-refractivity contribution in [1.82, 2.24) is 0 Å². The Labute approximate surface area is 125 Å². The highest BCUT2D eigenvalue weighted by molar-refractivity contribution is 7.48. The molecule has 108 valence electrons. The van der Waals surface area contributed by atoms with Gasteiger partial charge in [-0.25, -0.2) is 0 Å². The number of ketones is 1. The normalized spacial score (nSPS) is 11.3. The minimum atomic E-state index is -2.02. The highest BCUT2D eigenvalue weighted by atomic mass is 31.1. The summed E-state index contributed by atoms with van der Waals surface area (Å²) < 4.78 is 17.6. The van der Waals surface area contributed by atoms with E-state index in [1.807, 2.05) is 39.0 Å². The number of aryl methyl sites for hydroxylation is 3. The van der Waals surface area contributed by atoms with E-state index in [1.165, 1.54) is 0 Å². The molecule has 2 aromatic carbocycles. The zero-order valence-electron chi connectivity index (χ0n) is 12.4. The third kappa shape index (κ3) is 3.84. The first kappa shape index (κ1) is 15.6. The molecule has 0 spiro atoms. The zero-order chi connectivity index (χ0) is 15.4. The molecule has 3 nitrogen and oxygen atoms in total. The SMILES string of the molecule is Cc1cc(C)c([P+](=O)OCC(=O)c2ccccc2)c(C)c1. The van der Waals surface area contributed by atoms with Crippen LogP contribution in [0.4, 0.5) is 0 Å². The fourth-order valence-corrected chi connectivity index (χ4v) is 3.42. The molecule has 4 heteroatoms. The maximum Gasteiger partial charge on any atom is 0.549 e. The highest BCUT2D eigenvalue weighted by Gasteiger charge is 2.28. The van der Waals surface area contributed by atoms with Crippen molar-refractivity contribution in [2.24, 2.45) is 0 Å². The first-order valence-electron chi connectivity index (χ1n) is 6.75. The highest BCUT2D eigenvalue weighted by Crippen LogP contribution is 2.26. The van der Waals surface area contributed by atoms with Crippen LogP contribution in [0.2, 0.25) is 0 Å². The molecule has 1 unspecified atom stereocenters. The van der Waals surface area contributed by atoms with Crippen molar-refractivity contribution in [2.75, 3.05) is 6.61 Å². The fourth-order valence-electron chi connectivity index (χ4n) is 2.35. The molecule has 2 aromatic rings. The lowest BCUT2D eigenvalue weighted by molar-refractivity contribution is 0.0928. The monoisotopic (exact) mass is 301 g/mol. The lowest BCUT2D eigenvalue weighted by Crippen LogP contribution is -2.12. The molecule has 0 saturated carbocycles. The van der Waals surface area contributed by atoms with Crippen LogP contribution in [0.5, 0.6) is 0 Å². The van der Waals surface area contributed by atoms with Crippen molar-refractivity contribution in [2.45, 2.75) is 20.8 Å². The number of hydrogen-bond donors (Lipinski definition) is 0. The van der Waals surface area contributed by atoms with Crippen molar-refractivity contribution in [3.63, 3.8) is 0 Å². The molecular formula is C17H18O3P+. The molecule has 0 amide bonds. The van der Waals surface area contributed by atoms with Crippen LogP contribution in [-0.4, -0.2) is 12.4 Å². The summed E-state index contributed by atoms with van der Waals surface area (Å²) in [5.41, 5.74) is 3.55. The Kier molecular flexibility index (Phi) is 5.00. The first-order valence-corrected chi connectivity index (χ1v) is 7.93. The van der Waals surface area contributed by atoms with Crippen LogP contribution >= 0.6 is 8.03 Å². The third-order valence-corrected chi connectivity index (χ3v) is 4.66. The second kappa shape index (κ2) is 6.75. The van der Waals surface area contributed by atoms with Gasteiger partial charge in [0.05, 0.1) is 0 Å². The molecule has 0 saturated heterocycles. The zero-order valence-corrected chi connectivity index (χ0v) is 13.3. The molecule has 0 aliphatic heterocycles. The summed E-state index contributed by atoms with van der Waals surface area (Å²) >= 11 is 0. The minimum absolute atomic E-state index is 0.165. The Morgan fingerprint density at radius 1 is 1.05 bits per heavy atom. The van der Waals surface area contributed by atoms with Gasteiger partial charge in [-0.3, -0.25) is 4.79 Å². The third-order valence-electron chi connectivity index (χ3n) is 3.23. The Bertz CT molecular complexity index is 655. The Hall–Kier alpha value is -1.83. The quantitative estimate of drug-likeness (QED) is 0.622. The first-order chi connectivity index (χ1) is 9.99. The molecule has 0 aromatic heterocycles. The van der Waals surface area contributed by atoms with E-state index in [-0.39, 0.29) is 12.4 Å². The van der Waals surface area contributed by atoms with Crippen molar-refractivity contribution in [3.8, 4) is 0 Å². The molecule has 0 radical (unpaired) electrons. The van der Waals surface area contributed by atoms with Crippen LogP contribution in [0.3, 0.4) is 0 Å². The van der Waals surface area contributed by atoms with Crippen molar-refractivity contribution >= 4 is 19.1 Å². The number of rotatable bonds is 5. The van der Waals surface area contributed by atoms with Gasteiger partial charge in [0.2, 0.25) is 5.30 Å². The van der Waals surface area contributed by atoms with Crippen LogP contribution in [0.25, 0.3) is 0 Å². The van der Waals surface area contributed by atoms with Gasteiger partial charge in [0.1, 0.15) is 0 Å². The fraction of sp³-hybridized carbons (Fsp3) is 0.235. The Morgan fingerprint density at radius 3 is 2.19 bits per heavy atom. The molecule has 2 rings (SSSR count).